The number of hydrogen-bond donors (Lipinski definition) is 0. The first kappa shape index (κ1) is 27.6. The lowest BCUT2D eigenvalue weighted by atomic mass is 9.99. The topological polar surface area (TPSA) is 34.1 Å². The summed E-state index contributed by atoms with van der Waals surface area (Å²) in [7, 11) is 3.67. The van der Waals surface area contributed by atoms with Gasteiger partial charge in [0.15, 0.2) is 0 Å². The Morgan fingerprint density at radius 3 is 1.43 bits per heavy atom. The molecular weight excluding hydrogens is 365 g/mol. The predicted molar refractivity (Wildman–Crippen MR) is 123 cm³/mol. The fourth-order valence-corrected chi connectivity index (χ4v) is 5.50. The number of unbranched alkanes of at least 4 members (excludes halogenated alkanes) is 13. The average molecular weight is 415 g/mol. The Bertz CT molecular complexity index is 446. The van der Waals surface area contributed by atoms with Gasteiger partial charge in [0.05, 0.1) is 21.1 Å². The number of nitrogens with zero attached hydrogens (tertiary/aromatic N) is 1. The smallest absolute Gasteiger partial charge is 0.314 e. The molecule has 0 aliphatic rings. The maximum absolute atomic E-state index is 12.1. The molecule has 0 aromatic rings. The molecule has 0 aromatic heterocycles. The third-order valence-corrected chi connectivity index (χ3v) is 7.95. The van der Waals surface area contributed by atoms with Crippen molar-refractivity contribution in [3.63, 3.8) is 0 Å². The average Bonchev–Trinajstić information content (AvgIpc) is 2.62. The molecule has 0 bridgehead atoms. The van der Waals surface area contributed by atoms with E-state index in [4.69, 9.17) is 0 Å². The highest BCUT2D eigenvalue weighted by Gasteiger charge is 2.47. The van der Waals surface area contributed by atoms with Crippen molar-refractivity contribution in [2.75, 3.05) is 21.1 Å². The van der Waals surface area contributed by atoms with Gasteiger partial charge < -0.3 is 4.48 Å². The molecule has 28 heavy (non-hydrogen) atoms. The van der Waals surface area contributed by atoms with E-state index in [9.17, 15) is 9.13 Å². The van der Waals surface area contributed by atoms with Gasteiger partial charge in [-0.25, -0.2) is 9.13 Å². The monoisotopic (exact) mass is 414 g/mol. The normalized spacial score (nSPS) is 14.0. The molecule has 0 N–H and O–H groups in total. The molecule has 0 saturated carbocycles. The molecule has 0 aliphatic heterocycles. The van der Waals surface area contributed by atoms with E-state index < -0.39 is 13.0 Å². The zero-order valence-electron chi connectivity index (χ0n) is 19.5. The van der Waals surface area contributed by atoms with Crippen molar-refractivity contribution in [1.29, 1.82) is 0 Å². The number of hydrogen-bond acceptors (Lipinski definition) is 2. The first-order chi connectivity index (χ1) is 13.3. The van der Waals surface area contributed by atoms with Crippen LogP contribution in [-0.2, 0) is 9.13 Å². The van der Waals surface area contributed by atoms with Crippen LogP contribution < -0.4 is 0 Å². The standard InChI is InChI=1S/C24H49NO2P/c1-6-8-9-10-11-12-13-14-15-16-17-18-19-20-21-23-24(22-7-2,28(26)27)25(3,4)5/h6H,1,7-23H2,2-5H3/q+1. The summed E-state index contributed by atoms with van der Waals surface area (Å²) >= 11 is 0. The Kier molecular flexibility index (Phi) is 16.2. The summed E-state index contributed by atoms with van der Waals surface area (Å²) < 4.78 is 24.6. The summed E-state index contributed by atoms with van der Waals surface area (Å²) in [6, 6.07) is 0. The van der Waals surface area contributed by atoms with Crippen molar-refractivity contribution >= 4 is 7.68 Å². The highest BCUT2D eigenvalue weighted by molar-refractivity contribution is 7.32. The Balaban J connectivity index is 3.73. The first-order valence-electron chi connectivity index (χ1n) is 11.9. The van der Waals surface area contributed by atoms with Crippen LogP contribution in [0.3, 0.4) is 0 Å². The minimum Gasteiger partial charge on any atom is -0.314 e. The lowest BCUT2D eigenvalue weighted by Crippen LogP contribution is -2.53. The number of rotatable bonds is 20. The van der Waals surface area contributed by atoms with Crippen LogP contribution in [0.2, 0.25) is 0 Å². The second kappa shape index (κ2) is 16.4. The molecule has 0 aliphatic carbocycles. The highest BCUT2D eigenvalue weighted by Crippen LogP contribution is 2.44. The molecule has 0 amide bonds. The van der Waals surface area contributed by atoms with Gasteiger partial charge in [-0.05, 0) is 25.7 Å². The van der Waals surface area contributed by atoms with Crippen LogP contribution in [0.15, 0.2) is 12.7 Å². The highest BCUT2D eigenvalue weighted by atomic mass is 31.1. The van der Waals surface area contributed by atoms with E-state index in [1.165, 1.54) is 83.5 Å². The van der Waals surface area contributed by atoms with Crippen LogP contribution in [-0.4, -0.2) is 30.9 Å². The Hall–Kier alpha value is -0.400. The van der Waals surface area contributed by atoms with E-state index in [0.717, 1.165) is 25.7 Å². The van der Waals surface area contributed by atoms with E-state index in [-0.39, 0.29) is 0 Å². The SMILES string of the molecule is C=CCCCCCCCCCCCCCCCC(CCC)(P(=O)=O)[N+](C)(C)C. The van der Waals surface area contributed by atoms with E-state index in [1.54, 1.807) is 0 Å². The van der Waals surface area contributed by atoms with Gasteiger partial charge in [-0.2, -0.15) is 0 Å². The van der Waals surface area contributed by atoms with Crippen LogP contribution in [0.25, 0.3) is 0 Å². The first-order valence-corrected chi connectivity index (χ1v) is 13.1. The second-order valence-corrected chi connectivity index (χ2v) is 10.8. The summed E-state index contributed by atoms with van der Waals surface area (Å²) in [6.07, 6.45) is 22.7. The lowest BCUT2D eigenvalue weighted by molar-refractivity contribution is -0.908. The van der Waals surface area contributed by atoms with E-state index in [1.807, 2.05) is 27.2 Å². The van der Waals surface area contributed by atoms with Gasteiger partial charge >= 0.3 is 7.68 Å². The van der Waals surface area contributed by atoms with Gasteiger partial charge in [0.25, 0.3) is 0 Å². The van der Waals surface area contributed by atoms with E-state index in [2.05, 4.69) is 13.5 Å². The fourth-order valence-electron chi connectivity index (χ4n) is 4.27. The summed E-state index contributed by atoms with van der Waals surface area (Å²) in [6.45, 7) is 5.86. The third kappa shape index (κ3) is 11.6. The Morgan fingerprint density at radius 2 is 1.11 bits per heavy atom. The predicted octanol–water partition coefficient (Wildman–Crippen LogP) is 8.40. The van der Waals surface area contributed by atoms with Gasteiger partial charge in [0, 0.05) is 12.8 Å². The van der Waals surface area contributed by atoms with Crippen LogP contribution in [0.1, 0.15) is 116 Å². The van der Waals surface area contributed by atoms with Crippen molar-refractivity contribution in [1.82, 2.24) is 0 Å². The lowest BCUT2D eigenvalue weighted by Gasteiger charge is -2.41. The zero-order chi connectivity index (χ0) is 21.3. The zero-order valence-corrected chi connectivity index (χ0v) is 20.4. The Labute approximate surface area is 176 Å². The summed E-state index contributed by atoms with van der Waals surface area (Å²) in [5.41, 5.74) is 0. The van der Waals surface area contributed by atoms with Crippen molar-refractivity contribution < 1.29 is 13.6 Å². The van der Waals surface area contributed by atoms with Crippen molar-refractivity contribution in [2.45, 2.75) is 121 Å². The molecule has 0 saturated heterocycles. The Morgan fingerprint density at radius 1 is 0.714 bits per heavy atom. The molecule has 3 nitrogen and oxygen atoms in total. The van der Waals surface area contributed by atoms with Gasteiger partial charge in [-0.1, -0.05) is 83.6 Å². The van der Waals surface area contributed by atoms with Gasteiger partial charge in [0.1, 0.15) is 0 Å². The molecular formula is C24H49NO2P+. The molecule has 1 atom stereocenters. The minimum atomic E-state index is -2.42. The van der Waals surface area contributed by atoms with E-state index in [0.29, 0.717) is 4.48 Å². The summed E-state index contributed by atoms with van der Waals surface area (Å²) in [5, 5.41) is -0.588. The third-order valence-electron chi connectivity index (χ3n) is 6.22. The second-order valence-electron chi connectivity index (χ2n) is 9.43. The molecule has 0 aromatic carbocycles. The molecule has 1 unspecified atom stereocenters. The van der Waals surface area contributed by atoms with Crippen molar-refractivity contribution in [3.8, 4) is 0 Å². The minimum absolute atomic E-state index is 0.522. The van der Waals surface area contributed by atoms with Gasteiger partial charge in [-0.15, -0.1) is 6.58 Å². The number of quaternary nitrogens is 1. The quantitative estimate of drug-likeness (QED) is 0.0867. The van der Waals surface area contributed by atoms with Crippen LogP contribution in [0.5, 0.6) is 0 Å². The van der Waals surface area contributed by atoms with Crippen LogP contribution >= 0.6 is 7.68 Å². The number of allylic oxidation sites excluding steroid dienone is 1. The maximum atomic E-state index is 12.1. The largest absolute Gasteiger partial charge is 0.378 e. The van der Waals surface area contributed by atoms with Crippen LogP contribution in [0, 0.1) is 0 Å². The summed E-state index contributed by atoms with van der Waals surface area (Å²) in [5.74, 6) is 0. The molecule has 166 valence electrons. The molecule has 0 rings (SSSR count). The fraction of sp³-hybridized carbons (Fsp3) is 0.917. The van der Waals surface area contributed by atoms with E-state index >= 15 is 0 Å². The summed E-state index contributed by atoms with van der Waals surface area (Å²) in [4.78, 5) is 0. The molecule has 0 heterocycles. The molecule has 0 fully saturated rings. The van der Waals surface area contributed by atoms with Gasteiger partial charge in [0.2, 0.25) is 5.28 Å². The maximum Gasteiger partial charge on any atom is 0.378 e. The van der Waals surface area contributed by atoms with Crippen molar-refractivity contribution in [2.24, 2.45) is 0 Å². The molecule has 4 heteroatoms. The van der Waals surface area contributed by atoms with Gasteiger partial charge in [-0.3, -0.25) is 0 Å². The molecule has 0 spiro atoms. The van der Waals surface area contributed by atoms with Crippen LogP contribution in [0.4, 0.5) is 0 Å². The molecule has 0 radical (unpaired) electrons. The van der Waals surface area contributed by atoms with Crippen molar-refractivity contribution in [3.05, 3.63) is 12.7 Å².